The Bertz CT molecular complexity index is 1330. The lowest BCUT2D eigenvalue weighted by atomic mass is 10.0. The van der Waals surface area contributed by atoms with Crippen LogP contribution in [0.15, 0.2) is 71.8 Å². The molecule has 4 rings (SSSR count). The summed E-state index contributed by atoms with van der Waals surface area (Å²) in [5, 5.41) is 6.21. The number of nitrogens with one attached hydrogen (secondary N) is 1. The first-order chi connectivity index (χ1) is 15.9. The molecule has 0 saturated carbocycles. The topological polar surface area (TPSA) is 55.6 Å². The molecule has 1 amide bonds. The van der Waals surface area contributed by atoms with Gasteiger partial charge in [0.05, 0.1) is 18.9 Å². The van der Waals surface area contributed by atoms with Crippen LogP contribution in [0.2, 0.25) is 0 Å². The summed E-state index contributed by atoms with van der Waals surface area (Å²) in [5.41, 5.74) is 8.63. The summed E-state index contributed by atoms with van der Waals surface area (Å²) in [7, 11) is 1.56. The smallest absolute Gasteiger partial charge is 0.275 e. The van der Waals surface area contributed by atoms with Crippen molar-refractivity contribution in [2.45, 2.75) is 33.6 Å². The zero-order valence-electron chi connectivity index (χ0n) is 19.7. The molecule has 0 aliphatic rings. The summed E-state index contributed by atoms with van der Waals surface area (Å²) in [6.45, 7) is 8.51. The highest BCUT2D eigenvalue weighted by atomic mass is 16.5. The predicted octanol–water partition coefficient (Wildman–Crippen LogP) is 6.14. The molecule has 5 nitrogen and oxygen atoms in total. The third-order valence-electron chi connectivity index (χ3n) is 5.97. The lowest BCUT2D eigenvalue weighted by molar-refractivity contribution is 0.0952. The van der Waals surface area contributed by atoms with Crippen LogP contribution in [-0.2, 0) is 0 Å². The summed E-state index contributed by atoms with van der Waals surface area (Å²) in [6, 6.07) is 22.3. The summed E-state index contributed by atoms with van der Waals surface area (Å²) >= 11 is 0. The Morgan fingerprint density at radius 2 is 1.67 bits per heavy atom. The van der Waals surface area contributed by atoms with Crippen LogP contribution in [0.4, 0.5) is 0 Å². The number of carbonyl (C=O) groups is 1. The molecular weight excluding hydrogens is 410 g/mol. The van der Waals surface area contributed by atoms with E-state index in [1.807, 2.05) is 36.4 Å². The van der Waals surface area contributed by atoms with E-state index in [0.29, 0.717) is 17.2 Å². The highest BCUT2D eigenvalue weighted by Gasteiger charge is 2.14. The fourth-order valence-electron chi connectivity index (χ4n) is 4.11. The third kappa shape index (κ3) is 4.53. The Labute approximate surface area is 194 Å². The average Bonchev–Trinajstić information content (AvgIpc) is 3.10. The van der Waals surface area contributed by atoms with Gasteiger partial charge in [-0.1, -0.05) is 50.2 Å². The maximum absolute atomic E-state index is 12.8. The van der Waals surface area contributed by atoms with E-state index in [0.717, 1.165) is 33.4 Å². The number of fused-ring (bicyclic) bond motifs is 1. The Morgan fingerprint density at radius 1 is 1.00 bits per heavy atom. The van der Waals surface area contributed by atoms with E-state index < -0.39 is 0 Å². The van der Waals surface area contributed by atoms with E-state index in [-0.39, 0.29) is 5.91 Å². The second kappa shape index (κ2) is 9.33. The largest absolute Gasteiger partial charge is 0.496 e. The van der Waals surface area contributed by atoms with E-state index in [4.69, 9.17) is 4.74 Å². The van der Waals surface area contributed by atoms with E-state index in [2.05, 4.69) is 73.1 Å². The average molecular weight is 440 g/mol. The van der Waals surface area contributed by atoms with Crippen molar-refractivity contribution in [3.63, 3.8) is 0 Å². The predicted molar refractivity (Wildman–Crippen MR) is 135 cm³/mol. The number of hydrogen-bond donors (Lipinski definition) is 1. The molecule has 5 heteroatoms. The number of ether oxygens (including phenoxy) is 1. The molecule has 1 heterocycles. The van der Waals surface area contributed by atoms with Crippen LogP contribution in [0.3, 0.4) is 0 Å². The molecule has 0 spiro atoms. The summed E-state index contributed by atoms with van der Waals surface area (Å²) in [6.07, 6.45) is 1.69. The SMILES string of the molecule is COc1cc2ccccc2cc1C(=O)N/N=C\c1cc(C)n(-c2ccc(C(C)C)cc2)c1C. The van der Waals surface area contributed by atoms with Crippen LogP contribution in [0.1, 0.15) is 52.6 Å². The Morgan fingerprint density at radius 3 is 2.30 bits per heavy atom. The van der Waals surface area contributed by atoms with Crippen LogP contribution < -0.4 is 10.2 Å². The number of hydrazone groups is 1. The first-order valence-electron chi connectivity index (χ1n) is 11.1. The number of benzene rings is 3. The molecule has 1 N–H and O–H groups in total. The second-order valence-electron chi connectivity index (χ2n) is 8.51. The quantitative estimate of drug-likeness (QED) is 0.290. The number of hydrogen-bond acceptors (Lipinski definition) is 3. The molecular formula is C28H29N3O2. The van der Waals surface area contributed by atoms with Crippen LogP contribution in [0.5, 0.6) is 5.75 Å². The number of amides is 1. The third-order valence-corrected chi connectivity index (χ3v) is 5.97. The summed E-state index contributed by atoms with van der Waals surface area (Å²) < 4.78 is 7.63. The maximum Gasteiger partial charge on any atom is 0.275 e. The number of carbonyl (C=O) groups excluding carboxylic acids is 1. The van der Waals surface area contributed by atoms with E-state index in [1.165, 1.54) is 5.56 Å². The standard InChI is InChI=1S/C28H29N3O2/c1-18(2)21-10-12-25(13-11-21)31-19(3)14-24(20(31)4)17-29-30-28(32)26-15-22-8-6-7-9-23(22)16-27(26)33-5/h6-18H,1-5H3,(H,30,32)/b29-17-. The van der Waals surface area contributed by atoms with Gasteiger partial charge in [-0.15, -0.1) is 0 Å². The molecule has 3 aromatic carbocycles. The molecule has 0 saturated heterocycles. The highest BCUT2D eigenvalue weighted by molar-refractivity contribution is 6.02. The van der Waals surface area contributed by atoms with Crippen molar-refractivity contribution in [3.8, 4) is 11.4 Å². The Balaban J connectivity index is 1.55. The molecule has 0 unspecified atom stereocenters. The van der Waals surface area contributed by atoms with Crippen molar-refractivity contribution >= 4 is 22.9 Å². The van der Waals surface area contributed by atoms with E-state index in [1.54, 1.807) is 13.3 Å². The Hall–Kier alpha value is -3.86. The van der Waals surface area contributed by atoms with Gasteiger partial charge in [-0.05, 0) is 66.4 Å². The van der Waals surface area contributed by atoms with Gasteiger partial charge in [-0.25, -0.2) is 5.43 Å². The normalized spacial score (nSPS) is 11.5. The molecule has 0 aliphatic heterocycles. The van der Waals surface area contributed by atoms with Crippen LogP contribution in [-0.4, -0.2) is 23.8 Å². The van der Waals surface area contributed by atoms with Crippen LogP contribution in [0, 0.1) is 13.8 Å². The molecule has 4 aromatic rings. The van der Waals surface area contributed by atoms with Crippen molar-refractivity contribution in [1.29, 1.82) is 0 Å². The highest BCUT2D eigenvalue weighted by Crippen LogP contribution is 2.26. The van der Waals surface area contributed by atoms with Gasteiger partial charge in [0.25, 0.3) is 5.91 Å². The number of aryl methyl sites for hydroxylation is 1. The lowest BCUT2D eigenvalue weighted by Gasteiger charge is -2.12. The van der Waals surface area contributed by atoms with E-state index in [9.17, 15) is 4.79 Å². The second-order valence-corrected chi connectivity index (χ2v) is 8.51. The Kier molecular flexibility index (Phi) is 6.31. The molecule has 33 heavy (non-hydrogen) atoms. The minimum Gasteiger partial charge on any atom is -0.496 e. The van der Waals surface area contributed by atoms with Crippen molar-refractivity contribution in [1.82, 2.24) is 9.99 Å². The van der Waals surface area contributed by atoms with Gasteiger partial charge < -0.3 is 9.30 Å². The monoisotopic (exact) mass is 439 g/mol. The number of rotatable bonds is 6. The van der Waals surface area contributed by atoms with Gasteiger partial charge >= 0.3 is 0 Å². The van der Waals surface area contributed by atoms with Crippen molar-refractivity contribution in [2.24, 2.45) is 5.10 Å². The number of aromatic nitrogens is 1. The van der Waals surface area contributed by atoms with Crippen LogP contribution in [0.25, 0.3) is 16.5 Å². The number of nitrogens with zero attached hydrogens (tertiary/aromatic N) is 2. The lowest BCUT2D eigenvalue weighted by Crippen LogP contribution is -2.18. The van der Waals surface area contributed by atoms with Gasteiger partial charge in [-0.3, -0.25) is 4.79 Å². The summed E-state index contributed by atoms with van der Waals surface area (Å²) in [4.78, 5) is 12.8. The van der Waals surface area contributed by atoms with E-state index >= 15 is 0 Å². The molecule has 0 aliphatic carbocycles. The van der Waals surface area contributed by atoms with Crippen molar-refractivity contribution in [3.05, 3.63) is 94.8 Å². The summed E-state index contributed by atoms with van der Waals surface area (Å²) in [5.74, 6) is 0.704. The molecule has 0 radical (unpaired) electrons. The first kappa shape index (κ1) is 22.3. The zero-order valence-corrected chi connectivity index (χ0v) is 19.7. The van der Waals surface area contributed by atoms with Crippen molar-refractivity contribution < 1.29 is 9.53 Å². The minimum atomic E-state index is -0.313. The minimum absolute atomic E-state index is 0.313. The van der Waals surface area contributed by atoms with Crippen LogP contribution >= 0.6 is 0 Å². The molecule has 0 bridgehead atoms. The fraction of sp³-hybridized carbons (Fsp3) is 0.214. The maximum atomic E-state index is 12.8. The molecule has 1 aromatic heterocycles. The first-order valence-corrected chi connectivity index (χ1v) is 11.1. The molecule has 0 fully saturated rings. The van der Waals surface area contributed by atoms with Gasteiger partial charge in [-0.2, -0.15) is 5.10 Å². The van der Waals surface area contributed by atoms with Gasteiger partial charge in [0.1, 0.15) is 5.75 Å². The van der Waals surface area contributed by atoms with Gasteiger partial charge in [0.2, 0.25) is 0 Å². The molecule has 0 atom stereocenters. The number of methoxy groups -OCH3 is 1. The molecule has 168 valence electrons. The van der Waals surface area contributed by atoms with Gasteiger partial charge in [0, 0.05) is 22.6 Å². The zero-order chi connectivity index (χ0) is 23.5. The fourth-order valence-corrected chi connectivity index (χ4v) is 4.11. The van der Waals surface area contributed by atoms with Gasteiger partial charge in [0.15, 0.2) is 0 Å². The van der Waals surface area contributed by atoms with Crippen molar-refractivity contribution in [2.75, 3.05) is 7.11 Å².